The maximum absolute atomic E-state index is 12.4. The molecule has 1 heterocycles. The number of benzene rings is 1. The summed E-state index contributed by atoms with van der Waals surface area (Å²) >= 11 is 0. The van der Waals surface area contributed by atoms with Gasteiger partial charge in [0.25, 0.3) is 0 Å². The third-order valence-corrected chi connectivity index (χ3v) is 2.87. The lowest BCUT2D eigenvalue weighted by molar-refractivity contribution is -0.137. The summed E-state index contributed by atoms with van der Waals surface area (Å²) in [4.78, 5) is 3.76. The summed E-state index contributed by atoms with van der Waals surface area (Å²) in [5.74, 6) is 0.403. The minimum Gasteiger partial charge on any atom is -0.380 e. The van der Waals surface area contributed by atoms with Gasteiger partial charge in [0, 0.05) is 19.9 Å². The molecular formula is C15H15F3N2O. The molecule has 0 bridgehead atoms. The molecule has 0 atom stereocenters. The molecule has 2 rings (SSSR count). The van der Waals surface area contributed by atoms with Crippen molar-refractivity contribution in [2.75, 3.05) is 12.4 Å². The monoisotopic (exact) mass is 296 g/mol. The second-order valence-electron chi connectivity index (χ2n) is 4.54. The van der Waals surface area contributed by atoms with Gasteiger partial charge in [-0.05, 0) is 23.3 Å². The quantitative estimate of drug-likeness (QED) is 0.909. The van der Waals surface area contributed by atoms with Crippen LogP contribution in [-0.2, 0) is 24.1 Å². The standard InChI is InChI=1S/C15H15F3N2O/c1-21-10-12-4-2-3-11(7-12)8-19-14-6-5-13(9-20-14)15(16,17)18/h2-7,9H,8,10H2,1H3,(H,19,20). The van der Waals surface area contributed by atoms with Crippen molar-refractivity contribution >= 4 is 5.82 Å². The Morgan fingerprint density at radius 2 is 1.90 bits per heavy atom. The largest absolute Gasteiger partial charge is 0.417 e. The molecule has 0 spiro atoms. The number of methoxy groups -OCH3 is 1. The minimum atomic E-state index is -4.36. The highest BCUT2D eigenvalue weighted by molar-refractivity contribution is 5.37. The molecule has 0 unspecified atom stereocenters. The first-order valence-electron chi connectivity index (χ1n) is 6.33. The maximum atomic E-state index is 12.4. The van der Waals surface area contributed by atoms with Crippen LogP contribution >= 0.6 is 0 Å². The van der Waals surface area contributed by atoms with Gasteiger partial charge in [-0.1, -0.05) is 24.3 Å². The lowest BCUT2D eigenvalue weighted by Crippen LogP contribution is -2.07. The van der Waals surface area contributed by atoms with Crippen LogP contribution in [0.3, 0.4) is 0 Å². The summed E-state index contributed by atoms with van der Waals surface area (Å²) in [5.41, 5.74) is 1.29. The number of ether oxygens (including phenoxy) is 1. The number of nitrogens with one attached hydrogen (secondary N) is 1. The Bertz CT molecular complexity index is 582. The number of pyridine rings is 1. The number of rotatable bonds is 5. The Balaban J connectivity index is 1.98. The van der Waals surface area contributed by atoms with Gasteiger partial charge in [-0.2, -0.15) is 13.2 Å². The number of hydrogen-bond donors (Lipinski definition) is 1. The molecule has 0 radical (unpaired) electrons. The first kappa shape index (κ1) is 15.3. The van der Waals surface area contributed by atoms with Crippen LogP contribution in [0.5, 0.6) is 0 Å². The fourth-order valence-electron chi connectivity index (χ4n) is 1.85. The van der Waals surface area contributed by atoms with Crippen molar-refractivity contribution in [2.45, 2.75) is 19.3 Å². The second-order valence-corrected chi connectivity index (χ2v) is 4.54. The third-order valence-electron chi connectivity index (χ3n) is 2.87. The van der Waals surface area contributed by atoms with Gasteiger partial charge >= 0.3 is 6.18 Å². The summed E-state index contributed by atoms with van der Waals surface area (Å²) in [5, 5.41) is 2.99. The van der Waals surface area contributed by atoms with E-state index in [9.17, 15) is 13.2 Å². The Morgan fingerprint density at radius 1 is 1.14 bits per heavy atom. The fourth-order valence-corrected chi connectivity index (χ4v) is 1.85. The molecule has 1 N–H and O–H groups in total. The Labute approximate surface area is 120 Å². The van der Waals surface area contributed by atoms with Crippen LogP contribution in [0.15, 0.2) is 42.6 Å². The van der Waals surface area contributed by atoms with Crippen molar-refractivity contribution in [1.29, 1.82) is 0 Å². The first-order valence-corrected chi connectivity index (χ1v) is 6.33. The van der Waals surface area contributed by atoms with E-state index in [1.54, 1.807) is 7.11 Å². The van der Waals surface area contributed by atoms with Crippen LogP contribution in [-0.4, -0.2) is 12.1 Å². The first-order chi connectivity index (χ1) is 9.99. The normalized spacial score (nSPS) is 11.4. The van der Waals surface area contributed by atoms with Gasteiger partial charge in [0.05, 0.1) is 12.2 Å². The Morgan fingerprint density at radius 3 is 2.52 bits per heavy atom. The Kier molecular flexibility index (Phi) is 4.80. The van der Waals surface area contributed by atoms with Gasteiger partial charge in [-0.25, -0.2) is 4.98 Å². The number of halogens is 3. The molecule has 1 aromatic heterocycles. The molecule has 0 saturated carbocycles. The van der Waals surface area contributed by atoms with Gasteiger partial charge < -0.3 is 10.1 Å². The van der Waals surface area contributed by atoms with Gasteiger partial charge in [0.15, 0.2) is 0 Å². The third kappa shape index (κ3) is 4.46. The van der Waals surface area contributed by atoms with E-state index >= 15 is 0 Å². The van der Waals surface area contributed by atoms with Crippen molar-refractivity contribution in [3.05, 3.63) is 59.3 Å². The molecule has 21 heavy (non-hydrogen) atoms. The molecule has 1 aromatic carbocycles. The topological polar surface area (TPSA) is 34.1 Å². The summed E-state index contributed by atoms with van der Waals surface area (Å²) in [6.45, 7) is 1.00. The molecule has 3 nitrogen and oxygen atoms in total. The summed E-state index contributed by atoms with van der Waals surface area (Å²) in [7, 11) is 1.62. The minimum absolute atomic E-state index is 0.403. The molecule has 0 saturated heterocycles. The average molecular weight is 296 g/mol. The predicted molar refractivity (Wildman–Crippen MR) is 73.7 cm³/mol. The zero-order valence-electron chi connectivity index (χ0n) is 11.4. The van der Waals surface area contributed by atoms with Crippen molar-refractivity contribution in [3.8, 4) is 0 Å². The summed E-state index contributed by atoms with van der Waals surface area (Å²) < 4.78 is 42.3. The highest BCUT2D eigenvalue weighted by Crippen LogP contribution is 2.28. The molecule has 0 aliphatic rings. The molecule has 6 heteroatoms. The van der Waals surface area contributed by atoms with Crippen LogP contribution in [0.2, 0.25) is 0 Å². The van der Waals surface area contributed by atoms with Crippen LogP contribution < -0.4 is 5.32 Å². The van der Waals surface area contributed by atoms with E-state index in [2.05, 4.69) is 10.3 Å². The zero-order valence-corrected chi connectivity index (χ0v) is 11.4. The van der Waals surface area contributed by atoms with E-state index in [0.29, 0.717) is 19.0 Å². The lowest BCUT2D eigenvalue weighted by Gasteiger charge is -2.09. The van der Waals surface area contributed by atoms with E-state index < -0.39 is 11.7 Å². The van der Waals surface area contributed by atoms with E-state index in [-0.39, 0.29) is 0 Å². The molecule has 112 valence electrons. The van der Waals surface area contributed by atoms with Crippen molar-refractivity contribution in [3.63, 3.8) is 0 Å². The molecule has 0 amide bonds. The molecular weight excluding hydrogens is 281 g/mol. The highest BCUT2D eigenvalue weighted by atomic mass is 19.4. The van der Waals surface area contributed by atoms with Crippen LogP contribution in [0, 0.1) is 0 Å². The predicted octanol–water partition coefficient (Wildman–Crippen LogP) is 3.86. The zero-order chi connectivity index (χ0) is 15.3. The van der Waals surface area contributed by atoms with E-state index in [1.165, 1.54) is 6.07 Å². The Hall–Kier alpha value is -2.08. The molecule has 0 aliphatic carbocycles. The molecule has 0 fully saturated rings. The number of aromatic nitrogens is 1. The van der Waals surface area contributed by atoms with Crippen molar-refractivity contribution < 1.29 is 17.9 Å². The van der Waals surface area contributed by atoms with Crippen LogP contribution in [0.1, 0.15) is 16.7 Å². The molecule has 2 aromatic rings. The summed E-state index contributed by atoms with van der Waals surface area (Å²) in [6.07, 6.45) is -3.54. The average Bonchev–Trinajstić information content (AvgIpc) is 2.45. The van der Waals surface area contributed by atoms with Crippen molar-refractivity contribution in [2.24, 2.45) is 0 Å². The summed E-state index contributed by atoms with van der Waals surface area (Å²) in [6, 6.07) is 10.1. The number of hydrogen-bond acceptors (Lipinski definition) is 3. The molecule has 0 aliphatic heterocycles. The van der Waals surface area contributed by atoms with E-state index in [1.807, 2.05) is 24.3 Å². The van der Waals surface area contributed by atoms with Crippen molar-refractivity contribution in [1.82, 2.24) is 4.98 Å². The second kappa shape index (κ2) is 6.58. The fraction of sp³-hybridized carbons (Fsp3) is 0.267. The number of anilines is 1. The number of nitrogens with zero attached hydrogens (tertiary/aromatic N) is 1. The smallest absolute Gasteiger partial charge is 0.380 e. The number of alkyl halides is 3. The van der Waals surface area contributed by atoms with Gasteiger partial charge in [0.1, 0.15) is 5.82 Å². The van der Waals surface area contributed by atoms with E-state index in [0.717, 1.165) is 23.4 Å². The van der Waals surface area contributed by atoms with Gasteiger partial charge in [0.2, 0.25) is 0 Å². The SMILES string of the molecule is COCc1cccc(CNc2ccc(C(F)(F)F)cn2)c1. The van der Waals surface area contributed by atoms with Gasteiger partial charge in [-0.3, -0.25) is 0 Å². The highest BCUT2D eigenvalue weighted by Gasteiger charge is 2.30. The van der Waals surface area contributed by atoms with Crippen LogP contribution in [0.25, 0.3) is 0 Å². The van der Waals surface area contributed by atoms with Gasteiger partial charge in [-0.15, -0.1) is 0 Å². The maximum Gasteiger partial charge on any atom is 0.417 e. The van der Waals surface area contributed by atoms with E-state index in [4.69, 9.17) is 4.74 Å². The lowest BCUT2D eigenvalue weighted by atomic mass is 10.1. The van der Waals surface area contributed by atoms with Crippen LogP contribution in [0.4, 0.5) is 19.0 Å².